The van der Waals surface area contributed by atoms with Gasteiger partial charge in [0.15, 0.2) is 0 Å². The van der Waals surface area contributed by atoms with Crippen molar-refractivity contribution in [2.45, 2.75) is 109 Å². The molecule has 0 radical (unpaired) electrons. The Hall–Kier alpha value is -2.94. The molecule has 9 heteroatoms. The molecule has 0 aliphatic carbocycles. The molecule has 0 spiro atoms. The normalized spacial score (nSPS) is 12.9. The van der Waals surface area contributed by atoms with E-state index in [0.717, 1.165) is 38.5 Å². The van der Waals surface area contributed by atoms with Gasteiger partial charge in [0, 0.05) is 6.42 Å². The molecular formula is C28H46N4O5. The fourth-order valence-electron chi connectivity index (χ4n) is 3.92. The number of carbonyl (C=O) groups is 4. The maximum atomic E-state index is 13.0. The van der Waals surface area contributed by atoms with E-state index in [9.17, 15) is 24.3 Å². The number of amides is 3. The van der Waals surface area contributed by atoms with Gasteiger partial charge in [-0.3, -0.25) is 14.4 Å². The predicted molar refractivity (Wildman–Crippen MR) is 145 cm³/mol. The van der Waals surface area contributed by atoms with E-state index >= 15 is 0 Å². The first-order valence-electron chi connectivity index (χ1n) is 13.5. The Kier molecular flexibility index (Phi) is 15.2. The molecule has 0 saturated carbocycles. The lowest BCUT2D eigenvalue weighted by molar-refractivity contribution is -0.143. The van der Waals surface area contributed by atoms with Crippen LogP contribution in [0.2, 0.25) is 0 Å². The summed E-state index contributed by atoms with van der Waals surface area (Å²) in [6.07, 6.45) is 7.46. The summed E-state index contributed by atoms with van der Waals surface area (Å²) < 4.78 is 0. The summed E-state index contributed by atoms with van der Waals surface area (Å²) >= 11 is 0. The van der Waals surface area contributed by atoms with Crippen LogP contribution in [-0.2, 0) is 25.6 Å². The largest absolute Gasteiger partial charge is 0.480 e. The van der Waals surface area contributed by atoms with Crippen LogP contribution in [0.5, 0.6) is 0 Å². The molecule has 2 atom stereocenters. The maximum absolute atomic E-state index is 13.0. The molecular weight excluding hydrogens is 472 g/mol. The lowest BCUT2D eigenvalue weighted by atomic mass is 10.0. The van der Waals surface area contributed by atoms with Crippen LogP contribution in [0.15, 0.2) is 30.3 Å². The third kappa shape index (κ3) is 13.3. The Labute approximate surface area is 221 Å². The van der Waals surface area contributed by atoms with Crippen LogP contribution in [0.3, 0.4) is 0 Å². The average Bonchev–Trinajstić information content (AvgIpc) is 2.85. The zero-order chi connectivity index (χ0) is 27.7. The van der Waals surface area contributed by atoms with Crippen molar-refractivity contribution in [3.8, 4) is 0 Å². The molecule has 0 fully saturated rings. The number of benzene rings is 1. The number of aliphatic carboxylic acids is 1. The molecule has 6 N–H and O–H groups in total. The van der Waals surface area contributed by atoms with Crippen LogP contribution >= 0.6 is 0 Å². The van der Waals surface area contributed by atoms with Crippen molar-refractivity contribution in [2.75, 3.05) is 6.54 Å². The maximum Gasteiger partial charge on any atom is 0.326 e. The van der Waals surface area contributed by atoms with E-state index in [1.165, 1.54) is 19.4 Å². The number of hydrogen-bond donors (Lipinski definition) is 5. The highest BCUT2D eigenvalue weighted by Crippen LogP contribution is 2.11. The Bertz CT molecular complexity index is 844. The summed E-state index contributed by atoms with van der Waals surface area (Å²) in [5, 5.41) is 17.5. The van der Waals surface area contributed by atoms with Gasteiger partial charge in [0.05, 0.1) is 0 Å². The average molecular weight is 519 g/mol. The van der Waals surface area contributed by atoms with E-state index in [1.807, 2.05) is 25.1 Å². The second-order valence-corrected chi connectivity index (χ2v) is 10.1. The molecule has 0 heterocycles. The Balaban J connectivity index is 2.59. The number of nitrogens with two attached hydrogens (primary N) is 1. The molecule has 1 aromatic carbocycles. The second-order valence-electron chi connectivity index (χ2n) is 10.1. The van der Waals surface area contributed by atoms with Gasteiger partial charge in [-0.15, -0.1) is 0 Å². The van der Waals surface area contributed by atoms with Crippen molar-refractivity contribution in [1.29, 1.82) is 0 Å². The number of carboxylic acids is 1. The summed E-state index contributed by atoms with van der Waals surface area (Å²) in [6, 6.07) is 8.39. The smallest absolute Gasteiger partial charge is 0.326 e. The van der Waals surface area contributed by atoms with Crippen LogP contribution in [0.25, 0.3) is 0 Å². The molecule has 0 unspecified atom stereocenters. The molecule has 1 aromatic rings. The van der Waals surface area contributed by atoms with Crippen molar-refractivity contribution in [2.24, 2.45) is 5.73 Å². The fourth-order valence-corrected chi connectivity index (χ4v) is 3.92. The minimum absolute atomic E-state index is 0.191. The SMILES string of the molecule is CCCC[C@H](NC(=O)CCCCCc1ccccc1)C(=O)NC(C)(C)C(=O)N[C@@H](CCCCN)C(=O)O. The highest BCUT2D eigenvalue weighted by Gasteiger charge is 2.34. The lowest BCUT2D eigenvalue weighted by Gasteiger charge is -2.29. The highest BCUT2D eigenvalue weighted by atomic mass is 16.4. The quantitative estimate of drug-likeness (QED) is 0.178. The first-order valence-corrected chi connectivity index (χ1v) is 13.5. The third-order valence-corrected chi connectivity index (χ3v) is 6.26. The van der Waals surface area contributed by atoms with E-state index in [4.69, 9.17) is 5.73 Å². The number of hydrogen-bond acceptors (Lipinski definition) is 5. The van der Waals surface area contributed by atoms with Gasteiger partial charge in [-0.25, -0.2) is 4.79 Å². The third-order valence-electron chi connectivity index (χ3n) is 6.26. The molecule has 0 aromatic heterocycles. The summed E-state index contributed by atoms with van der Waals surface area (Å²) in [4.78, 5) is 49.9. The summed E-state index contributed by atoms with van der Waals surface area (Å²) in [5.41, 5.74) is 5.39. The minimum atomic E-state index is -1.36. The van der Waals surface area contributed by atoms with Crippen LogP contribution in [0, 0.1) is 0 Å². The standard InChI is InChI=1S/C28H46N4O5/c1-4-5-17-22(30-24(33)19-11-7-10-16-21-14-8-6-9-15-21)25(34)32-28(2,3)27(37)31-23(26(35)36)18-12-13-20-29/h6,8-9,14-15,22-23H,4-5,7,10-13,16-20,29H2,1-3H3,(H,30,33)(H,31,37)(H,32,34)(H,35,36)/t22-,23-/m0/s1. The molecule has 0 bridgehead atoms. The van der Waals surface area contributed by atoms with Gasteiger partial charge in [-0.2, -0.15) is 0 Å². The van der Waals surface area contributed by atoms with Crippen LogP contribution in [0.4, 0.5) is 0 Å². The van der Waals surface area contributed by atoms with E-state index in [-0.39, 0.29) is 12.3 Å². The van der Waals surface area contributed by atoms with Crippen molar-refractivity contribution in [1.82, 2.24) is 16.0 Å². The predicted octanol–water partition coefficient (Wildman–Crippen LogP) is 3.06. The molecule has 1 rings (SSSR count). The Morgan fingerprint density at radius 2 is 1.57 bits per heavy atom. The van der Waals surface area contributed by atoms with Gasteiger partial charge in [0.1, 0.15) is 17.6 Å². The molecule has 3 amide bonds. The zero-order valence-electron chi connectivity index (χ0n) is 22.7. The zero-order valence-corrected chi connectivity index (χ0v) is 22.7. The molecule has 0 aliphatic rings. The van der Waals surface area contributed by atoms with Crippen LogP contribution in [-0.4, -0.2) is 53.0 Å². The van der Waals surface area contributed by atoms with E-state index < -0.39 is 35.4 Å². The van der Waals surface area contributed by atoms with Gasteiger partial charge in [0.2, 0.25) is 17.7 Å². The first kappa shape index (κ1) is 32.1. The minimum Gasteiger partial charge on any atom is -0.480 e. The lowest BCUT2D eigenvalue weighted by Crippen LogP contribution is -2.61. The second kappa shape index (κ2) is 17.5. The molecule has 208 valence electrons. The van der Waals surface area contributed by atoms with E-state index in [2.05, 4.69) is 28.1 Å². The molecule has 37 heavy (non-hydrogen) atoms. The summed E-state index contributed by atoms with van der Waals surface area (Å²) in [5.74, 6) is -2.38. The highest BCUT2D eigenvalue weighted by molar-refractivity contribution is 5.95. The fraction of sp³-hybridized carbons (Fsp3) is 0.643. The number of unbranched alkanes of at least 4 members (excludes halogenated alkanes) is 4. The molecule has 9 nitrogen and oxygen atoms in total. The number of nitrogens with one attached hydrogen (secondary N) is 3. The van der Waals surface area contributed by atoms with Crippen molar-refractivity contribution >= 4 is 23.7 Å². The number of carboxylic acid groups (broad SMARTS) is 1. The van der Waals surface area contributed by atoms with Crippen LogP contribution in [0.1, 0.15) is 90.5 Å². The summed E-state index contributed by atoms with van der Waals surface area (Å²) in [6.45, 7) is 5.48. The molecule has 0 aliphatic heterocycles. The van der Waals surface area contributed by atoms with Gasteiger partial charge in [-0.1, -0.05) is 56.5 Å². The van der Waals surface area contributed by atoms with E-state index in [0.29, 0.717) is 32.2 Å². The molecule has 0 saturated heterocycles. The number of carbonyl (C=O) groups excluding carboxylic acids is 3. The number of rotatable bonds is 19. The Morgan fingerprint density at radius 3 is 2.19 bits per heavy atom. The number of aryl methyl sites for hydroxylation is 1. The van der Waals surface area contributed by atoms with Crippen molar-refractivity contribution in [3.63, 3.8) is 0 Å². The van der Waals surface area contributed by atoms with Crippen LogP contribution < -0.4 is 21.7 Å². The summed E-state index contributed by atoms with van der Waals surface area (Å²) in [7, 11) is 0. The van der Waals surface area contributed by atoms with Gasteiger partial charge < -0.3 is 26.8 Å². The topological polar surface area (TPSA) is 151 Å². The Morgan fingerprint density at radius 1 is 0.892 bits per heavy atom. The van der Waals surface area contributed by atoms with E-state index in [1.54, 1.807) is 0 Å². The van der Waals surface area contributed by atoms with Gasteiger partial charge in [0.25, 0.3) is 0 Å². The van der Waals surface area contributed by atoms with Crippen molar-refractivity contribution in [3.05, 3.63) is 35.9 Å². The van der Waals surface area contributed by atoms with Crippen molar-refractivity contribution < 1.29 is 24.3 Å². The monoisotopic (exact) mass is 518 g/mol. The van der Waals surface area contributed by atoms with Gasteiger partial charge in [-0.05, 0) is 70.9 Å². The first-order chi connectivity index (χ1) is 17.6. The van der Waals surface area contributed by atoms with Gasteiger partial charge >= 0.3 is 5.97 Å².